The molecule has 2 heteroatoms. The summed E-state index contributed by atoms with van der Waals surface area (Å²) >= 11 is 0. The minimum Gasteiger partial charge on any atom is -0.350 e. The maximum absolute atomic E-state index is 12.1. The summed E-state index contributed by atoms with van der Waals surface area (Å²) in [6.07, 6.45) is 6.18. The van der Waals surface area contributed by atoms with E-state index in [1.807, 2.05) is 0 Å². The van der Waals surface area contributed by atoms with Crippen LogP contribution in [0.25, 0.3) is 10.9 Å². The fraction of sp³-hybridized carbons (Fsp3) is 0.438. The van der Waals surface area contributed by atoms with Gasteiger partial charge in [0.15, 0.2) is 0 Å². The second kappa shape index (κ2) is 4.27. The van der Waals surface area contributed by atoms with Crippen LogP contribution in [0.5, 0.6) is 0 Å². The number of aryl methyl sites for hydroxylation is 2. The van der Waals surface area contributed by atoms with Crippen LogP contribution in [-0.2, 0) is 11.8 Å². The topological polar surface area (TPSA) is 22.0 Å². The lowest BCUT2D eigenvalue weighted by molar-refractivity contribution is -0.121. The van der Waals surface area contributed by atoms with Crippen molar-refractivity contribution in [1.29, 1.82) is 0 Å². The molecule has 1 fully saturated rings. The van der Waals surface area contributed by atoms with Gasteiger partial charge in [0.25, 0.3) is 0 Å². The van der Waals surface area contributed by atoms with Crippen LogP contribution in [0.15, 0.2) is 24.4 Å². The highest BCUT2D eigenvalue weighted by molar-refractivity contribution is 5.94. The van der Waals surface area contributed by atoms with E-state index in [4.69, 9.17) is 0 Å². The van der Waals surface area contributed by atoms with Gasteiger partial charge in [-0.2, -0.15) is 0 Å². The number of rotatable bonds is 1. The number of ketones is 1. The average molecular weight is 241 g/mol. The Morgan fingerprint density at radius 3 is 2.89 bits per heavy atom. The van der Waals surface area contributed by atoms with E-state index in [0.717, 1.165) is 19.3 Å². The number of carbonyl (C=O) groups excluding carboxylic acids is 1. The van der Waals surface area contributed by atoms with Crippen molar-refractivity contribution in [2.24, 2.45) is 7.05 Å². The molecule has 0 amide bonds. The number of nitrogens with zero attached hydrogens (tertiary/aromatic N) is 1. The molecule has 0 N–H and O–H groups in total. The molecule has 1 aliphatic carbocycles. The zero-order chi connectivity index (χ0) is 12.7. The molecule has 2 nitrogen and oxygen atoms in total. The third-order valence-corrected chi connectivity index (χ3v) is 4.16. The molecule has 1 aromatic heterocycles. The van der Waals surface area contributed by atoms with Crippen LogP contribution in [0, 0.1) is 6.92 Å². The van der Waals surface area contributed by atoms with Crippen LogP contribution in [0.4, 0.5) is 0 Å². The maximum atomic E-state index is 12.1. The Morgan fingerprint density at radius 1 is 1.28 bits per heavy atom. The molecule has 0 radical (unpaired) electrons. The summed E-state index contributed by atoms with van der Waals surface area (Å²) in [6, 6.07) is 6.38. The van der Waals surface area contributed by atoms with Crippen molar-refractivity contribution in [2.75, 3.05) is 0 Å². The zero-order valence-corrected chi connectivity index (χ0v) is 11.1. The van der Waals surface area contributed by atoms with Crippen LogP contribution < -0.4 is 0 Å². The molecule has 0 bridgehead atoms. The van der Waals surface area contributed by atoms with Crippen LogP contribution >= 0.6 is 0 Å². The fourth-order valence-electron chi connectivity index (χ4n) is 3.29. The number of hydrogen-bond donors (Lipinski definition) is 0. The molecule has 1 unspecified atom stereocenters. The quantitative estimate of drug-likeness (QED) is 0.746. The number of carbonyl (C=O) groups is 1. The Bertz CT molecular complexity index is 609. The fourth-order valence-corrected chi connectivity index (χ4v) is 3.29. The number of Topliss-reactive ketones (excluding diaryl/α,β-unsaturated/α-hetero) is 1. The first-order chi connectivity index (χ1) is 8.68. The van der Waals surface area contributed by atoms with Gasteiger partial charge in [0.05, 0.1) is 5.52 Å². The molecular weight excluding hydrogens is 222 g/mol. The summed E-state index contributed by atoms with van der Waals surface area (Å²) in [7, 11) is 2.08. The number of para-hydroxylation sites is 1. The minimum atomic E-state index is 0.129. The molecule has 0 saturated heterocycles. The second-order valence-electron chi connectivity index (χ2n) is 5.43. The predicted octanol–water partition coefficient (Wildman–Crippen LogP) is 3.71. The average Bonchev–Trinajstić information content (AvgIpc) is 2.69. The van der Waals surface area contributed by atoms with E-state index in [2.05, 4.69) is 42.9 Å². The summed E-state index contributed by atoms with van der Waals surface area (Å²) in [4.78, 5) is 12.1. The Balaban J connectivity index is 2.18. The van der Waals surface area contributed by atoms with Crippen molar-refractivity contribution >= 4 is 16.7 Å². The van der Waals surface area contributed by atoms with Gasteiger partial charge in [-0.15, -0.1) is 0 Å². The molecule has 3 rings (SSSR count). The zero-order valence-electron chi connectivity index (χ0n) is 11.1. The van der Waals surface area contributed by atoms with E-state index in [0.29, 0.717) is 5.78 Å². The number of hydrogen-bond acceptors (Lipinski definition) is 1. The molecular formula is C16H19NO. The molecule has 1 atom stereocenters. The lowest BCUT2D eigenvalue weighted by Crippen LogP contribution is -2.16. The Hall–Kier alpha value is -1.57. The molecule has 1 aliphatic rings. The van der Waals surface area contributed by atoms with Gasteiger partial charge >= 0.3 is 0 Å². The highest BCUT2D eigenvalue weighted by atomic mass is 16.1. The van der Waals surface area contributed by atoms with Crippen LogP contribution in [-0.4, -0.2) is 10.4 Å². The van der Waals surface area contributed by atoms with Gasteiger partial charge in [-0.1, -0.05) is 24.6 Å². The van der Waals surface area contributed by atoms with Crippen molar-refractivity contribution in [3.63, 3.8) is 0 Å². The highest BCUT2D eigenvalue weighted by Gasteiger charge is 2.26. The molecule has 0 spiro atoms. The summed E-state index contributed by atoms with van der Waals surface area (Å²) in [5, 5.41) is 1.26. The van der Waals surface area contributed by atoms with Crippen molar-refractivity contribution in [3.8, 4) is 0 Å². The molecule has 0 aliphatic heterocycles. The van der Waals surface area contributed by atoms with E-state index >= 15 is 0 Å². The first kappa shape index (κ1) is 11.5. The van der Waals surface area contributed by atoms with Crippen LogP contribution in [0.2, 0.25) is 0 Å². The SMILES string of the molecule is Cc1cccc2c(C3CCCCC3=O)cn(C)c12. The van der Waals surface area contributed by atoms with Crippen molar-refractivity contribution in [1.82, 2.24) is 4.57 Å². The number of fused-ring (bicyclic) bond motifs is 1. The number of aromatic nitrogens is 1. The highest BCUT2D eigenvalue weighted by Crippen LogP contribution is 2.35. The molecule has 18 heavy (non-hydrogen) atoms. The molecule has 2 aromatic rings. The van der Waals surface area contributed by atoms with E-state index in [1.54, 1.807) is 0 Å². The standard InChI is InChI=1S/C16H19NO/c1-11-6-5-8-13-14(10-17(2)16(11)13)12-7-3-4-9-15(12)18/h5-6,8,10,12H,3-4,7,9H2,1-2H3. The summed E-state index contributed by atoms with van der Waals surface area (Å²) in [6.45, 7) is 2.13. The Labute approximate surface area is 108 Å². The van der Waals surface area contributed by atoms with Gasteiger partial charge in [-0.3, -0.25) is 4.79 Å². The number of benzene rings is 1. The summed E-state index contributed by atoms with van der Waals surface area (Å²) < 4.78 is 2.17. The Morgan fingerprint density at radius 2 is 2.11 bits per heavy atom. The molecule has 1 saturated carbocycles. The van der Waals surface area contributed by atoms with E-state index in [-0.39, 0.29) is 5.92 Å². The van der Waals surface area contributed by atoms with Gasteiger partial charge in [0.2, 0.25) is 0 Å². The van der Waals surface area contributed by atoms with Crippen molar-refractivity contribution in [2.45, 2.75) is 38.5 Å². The van der Waals surface area contributed by atoms with E-state index in [9.17, 15) is 4.79 Å². The molecule has 1 heterocycles. The summed E-state index contributed by atoms with van der Waals surface area (Å²) in [5.74, 6) is 0.555. The van der Waals surface area contributed by atoms with E-state index < -0.39 is 0 Å². The largest absolute Gasteiger partial charge is 0.350 e. The van der Waals surface area contributed by atoms with Crippen molar-refractivity contribution in [3.05, 3.63) is 35.5 Å². The van der Waals surface area contributed by atoms with Gasteiger partial charge in [-0.05, 0) is 30.9 Å². The monoisotopic (exact) mass is 241 g/mol. The third-order valence-electron chi connectivity index (χ3n) is 4.16. The van der Waals surface area contributed by atoms with Gasteiger partial charge in [0, 0.05) is 31.0 Å². The van der Waals surface area contributed by atoms with Gasteiger partial charge < -0.3 is 4.57 Å². The molecule has 1 aromatic carbocycles. The Kier molecular flexibility index (Phi) is 2.73. The smallest absolute Gasteiger partial charge is 0.140 e. The first-order valence-electron chi connectivity index (χ1n) is 6.75. The van der Waals surface area contributed by atoms with Crippen LogP contribution in [0.3, 0.4) is 0 Å². The lowest BCUT2D eigenvalue weighted by Gasteiger charge is -2.20. The predicted molar refractivity (Wildman–Crippen MR) is 73.9 cm³/mol. The van der Waals surface area contributed by atoms with Crippen LogP contribution in [0.1, 0.15) is 42.7 Å². The van der Waals surface area contributed by atoms with Crippen molar-refractivity contribution < 1.29 is 4.79 Å². The normalized spacial score (nSPS) is 20.6. The van der Waals surface area contributed by atoms with E-state index in [1.165, 1.54) is 28.5 Å². The summed E-state index contributed by atoms with van der Waals surface area (Å²) in [5.41, 5.74) is 3.79. The second-order valence-corrected chi connectivity index (χ2v) is 5.43. The minimum absolute atomic E-state index is 0.129. The first-order valence-corrected chi connectivity index (χ1v) is 6.75. The van der Waals surface area contributed by atoms with Gasteiger partial charge in [-0.25, -0.2) is 0 Å². The molecule has 94 valence electrons. The van der Waals surface area contributed by atoms with Gasteiger partial charge in [0.1, 0.15) is 5.78 Å². The maximum Gasteiger partial charge on any atom is 0.140 e. The third kappa shape index (κ3) is 1.67. The lowest BCUT2D eigenvalue weighted by atomic mass is 9.83.